The molecule has 4 aromatic rings. The summed E-state index contributed by atoms with van der Waals surface area (Å²) >= 11 is 0. The van der Waals surface area contributed by atoms with Gasteiger partial charge >= 0.3 is 0 Å². The fourth-order valence-corrected chi connectivity index (χ4v) is 4.11. The van der Waals surface area contributed by atoms with Gasteiger partial charge < -0.3 is 9.72 Å². The molecular formula is C26H22N4O3. The summed E-state index contributed by atoms with van der Waals surface area (Å²) in [6.45, 7) is 2.23. The highest BCUT2D eigenvalue weighted by molar-refractivity contribution is 6.21. The third-order valence-electron chi connectivity index (χ3n) is 5.78. The van der Waals surface area contributed by atoms with E-state index in [0.29, 0.717) is 23.2 Å². The molecule has 0 radical (unpaired) electrons. The Balaban J connectivity index is 1.21. The fourth-order valence-electron chi connectivity index (χ4n) is 4.11. The minimum Gasteiger partial charge on any atom is -0.326 e. The summed E-state index contributed by atoms with van der Waals surface area (Å²) in [4.78, 5) is 43.3. The largest absolute Gasteiger partial charge is 0.326 e. The van der Waals surface area contributed by atoms with Crippen molar-refractivity contribution >= 4 is 29.1 Å². The van der Waals surface area contributed by atoms with E-state index in [0.717, 1.165) is 22.5 Å². The zero-order valence-electron chi connectivity index (χ0n) is 18.1. The molecule has 0 spiro atoms. The standard InChI is InChI=1S/C26H22N4O3/c1-17-7-5-13-29-16-22(28-24(17)29)18-8-4-9-19(15-18)27-23(31)12-6-14-30-25(32)20-10-2-3-11-21(20)26(30)33/h2-5,7-11,13,15-16H,6,12,14H2,1H3,(H,27,31). The zero-order valence-corrected chi connectivity index (χ0v) is 18.1. The molecule has 1 aliphatic rings. The molecule has 164 valence electrons. The van der Waals surface area contributed by atoms with E-state index >= 15 is 0 Å². The van der Waals surface area contributed by atoms with E-state index in [9.17, 15) is 14.4 Å². The van der Waals surface area contributed by atoms with Gasteiger partial charge in [-0.1, -0.05) is 30.3 Å². The van der Waals surface area contributed by atoms with Crippen LogP contribution in [0.25, 0.3) is 16.9 Å². The van der Waals surface area contributed by atoms with Crippen molar-refractivity contribution in [1.82, 2.24) is 14.3 Å². The molecule has 0 atom stereocenters. The highest BCUT2D eigenvalue weighted by Crippen LogP contribution is 2.25. The number of nitrogens with one attached hydrogen (secondary N) is 1. The number of anilines is 1. The molecule has 0 unspecified atom stereocenters. The van der Waals surface area contributed by atoms with Crippen LogP contribution in [-0.4, -0.2) is 38.6 Å². The quantitative estimate of drug-likeness (QED) is 0.454. The van der Waals surface area contributed by atoms with Gasteiger partial charge in [0.1, 0.15) is 5.65 Å². The predicted octanol–water partition coefficient (Wildman–Crippen LogP) is 4.32. The van der Waals surface area contributed by atoms with Crippen molar-refractivity contribution in [3.63, 3.8) is 0 Å². The molecule has 1 N–H and O–H groups in total. The highest BCUT2D eigenvalue weighted by atomic mass is 16.2. The molecule has 0 fully saturated rings. The number of aryl methyl sites for hydroxylation is 1. The van der Waals surface area contributed by atoms with Crippen LogP contribution in [-0.2, 0) is 4.79 Å². The maximum Gasteiger partial charge on any atom is 0.261 e. The molecule has 0 aliphatic carbocycles. The van der Waals surface area contributed by atoms with Crippen LogP contribution in [0.3, 0.4) is 0 Å². The van der Waals surface area contributed by atoms with E-state index in [2.05, 4.69) is 5.32 Å². The first kappa shape index (κ1) is 20.6. The normalized spacial score (nSPS) is 12.9. The number of benzene rings is 2. The second kappa shape index (κ2) is 8.35. The van der Waals surface area contributed by atoms with Crippen LogP contribution in [0.2, 0.25) is 0 Å². The van der Waals surface area contributed by atoms with E-state index in [1.54, 1.807) is 24.3 Å². The molecule has 7 nitrogen and oxygen atoms in total. The van der Waals surface area contributed by atoms with Crippen molar-refractivity contribution in [1.29, 1.82) is 0 Å². The van der Waals surface area contributed by atoms with Gasteiger partial charge in [-0.05, 0) is 49.2 Å². The Labute approximate surface area is 190 Å². The average Bonchev–Trinajstić information content (AvgIpc) is 3.36. The molecular weight excluding hydrogens is 416 g/mol. The van der Waals surface area contributed by atoms with Gasteiger partial charge in [0.05, 0.1) is 16.8 Å². The zero-order chi connectivity index (χ0) is 22.9. The first-order valence-electron chi connectivity index (χ1n) is 10.8. The van der Waals surface area contributed by atoms with E-state index in [1.165, 1.54) is 4.90 Å². The predicted molar refractivity (Wildman–Crippen MR) is 125 cm³/mol. The van der Waals surface area contributed by atoms with E-state index in [1.807, 2.05) is 60.1 Å². The van der Waals surface area contributed by atoms with Gasteiger partial charge in [0.15, 0.2) is 0 Å². The molecule has 0 saturated carbocycles. The van der Waals surface area contributed by atoms with E-state index < -0.39 is 0 Å². The molecule has 1 aliphatic heterocycles. The number of hydrogen-bond donors (Lipinski definition) is 1. The van der Waals surface area contributed by atoms with Crippen LogP contribution in [0.1, 0.15) is 39.1 Å². The first-order valence-corrected chi connectivity index (χ1v) is 10.8. The number of pyridine rings is 1. The van der Waals surface area contributed by atoms with Gasteiger partial charge in [-0.3, -0.25) is 19.3 Å². The molecule has 0 saturated heterocycles. The monoisotopic (exact) mass is 438 g/mol. The lowest BCUT2D eigenvalue weighted by molar-refractivity contribution is -0.116. The van der Waals surface area contributed by atoms with Gasteiger partial charge in [0.25, 0.3) is 11.8 Å². The van der Waals surface area contributed by atoms with Crippen LogP contribution in [0.15, 0.2) is 73.1 Å². The Morgan fingerprint density at radius 2 is 1.73 bits per heavy atom. The van der Waals surface area contributed by atoms with Gasteiger partial charge in [0.2, 0.25) is 5.91 Å². The van der Waals surface area contributed by atoms with Gasteiger partial charge in [-0.25, -0.2) is 4.98 Å². The maximum absolute atomic E-state index is 12.5. The van der Waals surface area contributed by atoms with Crippen molar-refractivity contribution < 1.29 is 14.4 Å². The van der Waals surface area contributed by atoms with Crippen molar-refractivity contribution in [2.75, 3.05) is 11.9 Å². The molecule has 5 rings (SSSR count). The Hall–Kier alpha value is -4.26. The Kier molecular flexibility index (Phi) is 5.22. The average molecular weight is 438 g/mol. The summed E-state index contributed by atoms with van der Waals surface area (Å²) in [5, 5.41) is 2.90. The van der Waals surface area contributed by atoms with Crippen molar-refractivity contribution in [2.45, 2.75) is 19.8 Å². The van der Waals surface area contributed by atoms with Crippen molar-refractivity contribution in [2.24, 2.45) is 0 Å². The van der Waals surface area contributed by atoms with Gasteiger partial charge in [-0.15, -0.1) is 0 Å². The summed E-state index contributed by atoms with van der Waals surface area (Å²) in [5.41, 5.74) is 5.23. The number of nitrogens with zero attached hydrogens (tertiary/aromatic N) is 3. The van der Waals surface area contributed by atoms with Crippen LogP contribution < -0.4 is 5.32 Å². The fraction of sp³-hybridized carbons (Fsp3) is 0.154. The summed E-state index contributed by atoms with van der Waals surface area (Å²) in [5.74, 6) is -0.771. The Morgan fingerprint density at radius 3 is 2.45 bits per heavy atom. The Bertz CT molecular complexity index is 1370. The van der Waals surface area contributed by atoms with Crippen molar-refractivity contribution in [3.05, 3.63) is 89.7 Å². The molecule has 0 bridgehead atoms. The number of hydrogen-bond acceptors (Lipinski definition) is 4. The van der Waals surface area contributed by atoms with Crippen LogP contribution in [0.4, 0.5) is 5.69 Å². The van der Waals surface area contributed by atoms with Crippen LogP contribution in [0.5, 0.6) is 0 Å². The number of fused-ring (bicyclic) bond motifs is 2. The lowest BCUT2D eigenvalue weighted by Crippen LogP contribution is -2.31. The second-order valence-electron chi connectivity index (χ2n) is 8.09. The van der Waals surface area contributed by atoms with Crippen LogP contribution in [0, 0.1) is 6.92 Å². The molecule has 7 heteroatoms. The topological polar surface area (TPSA) is 83.8 Å². The van der Waals surface area contributed by atoms with Crippen molar-refractivity contribution in [3.8, 4) is 11.3 Å². The summed E-state index contributed by atoms with van der Waals surface area (Å²) in [6.07, 6.45) is 4.51. The minimum absolute atomic E-state index is 0.172. The molecule has 3 amide bonds. The first-order chi connectivity index (χ1) is 16.0. The minimum atomic E-state index is -0.300. The number of imide groups is 1. The molecule has 33 heavy (non-hydrogen) atoms. The number of aromatic nitrogens is 2. The maximum atomic E-state index is 12.5. The third kappa shape index (κ3) is 3.89. The second-order valence-corrected chi connectivity index (χ2v) is 8.09. The lowest BCUT2D eigenvalue weighted by Gasteiger charge is -2.13. The lowest BCUT2D eigenvalue weighted by atomic mass is 10.1. The van der Waals surface area contributed by atoms with E-state index in [4.69, 9.17) is 4.98 Å². The molecule has 3 heterocycles. The Morgan fingerprint density at radius 1 is 0.970 bits per heavy atom. The SMILES string of the molecule is Cc1cccn2cc(-c3cccc(NC(=O)CCCN4C(=O)c5ccccc5C4=O)c3)nc12. The van der Waals surface area contributed by atoms with E-state index in [-0.39, 0.29) is 30.7 Å². The summed E-state index contributed by atoms with van der Waals surface area (Å²) in [7, 11) is 0. The summed E-state index contributed by atoms with van der Waals surface area (Å²) < 4.78 is 1.98. The third-order valence-corrected chi connectivity index (χ3v) is 5.78. The number of rotatable bonds is 6. The number of imidazole rings is 1. The highest BCUT2D eigenvalue weighted by Gasteiger charge is 2.34. The number of carbonyl (C=O) groups is 3. The van der Waals surface area contributed by atoms with Gasteiger partial charge in [-0.2, -0.15) is 0 Å². The summed E-state index contributed by atoms with van der Waals surface area (Å²) in [6, 6.07) is 18.3. The molecule has 2 aromatic heterocycles. The number of carbonyl (C=O) groups excluding carboxylic acids is 3. The van der Waals surface area contributed by atoms with Crippen LogP contribution >= 0.6 is 0 Å². The molecule has 2 aromatic carbocycles. The smallest absolute Gasteiger partial charge is 0.261 e. The van der Waals surface area contributed by atoms with Gasteiger partial charge in [0, 0.05) is 36.6 Å². The number of amides is 3.